The van der Waals surface area contributed by atoms with Crippen molar-refractivity contribution in [3.05, 3.63) is 12.7 Å². The van der Waals surface area contributed by atoms with Gasteiger partial charge in [-0.05, 0) is 7.05 Å². The molecule has 0 fully saturated rings. The zero-order chi connectivity index (χ0) is 8.10. The predicted molar refractivity (Wildman–Crippen MR) is 41.7 cm³/mol. The van der Waals surface area contributed by atoms with E-state index in [0.29, 0.717) is 6.54 Å². The molecule has 1 unspecified atom stereocenters. The van der Waals surface area contributed by atoms with Crippen molar-refractivity contribution < 1.29 is 0 Å². The van der Waals surface area contributed by atoms with Gasteiger partial charge in [-0.1, -0.05) is 5.92 Å². The molecule has 0 spiro atoms. The summed E-state index contributed by atoms with van der Waals surface area (Å²) < 4.78 is 1.70. The van der Waals surface area contributed by atoms with Gasteiger partial charge in [0.1, 0.15) is 12.7 Å². The Labute approximate surface area is 65.6 Å². The van der Waals surface area contributed by atoms with Crippen LogP contribution in [-0.2, 0) is 6.54 Å². The third kappa shape index (κ3) is 2.06. The molecule has 58 valence electrons. The summed E-state index contributed by atoms with van der Waals surface area (Å²) in [5.74, 6) is 2.59. The highest BCUT2D eigenvalue weighted by molar-refractivity contribution is 4.97. The van der Waals surface area contributed by atoms with Crippen molar-refractivity contribution in [3.63, 3.8) is 0 Å². The van der Waals surface area contributed by atoms with E-state index in [1.807, 2.05) is 7.05 Å². The minimum Gasteiger partial charge on any atom is -0.305 e. The molecule has 0 aromatic carbocycles. The third-order valence-corrected chi connectivity index (χ3v) is 1.39. The fourth-order valence-electron chi connectivity index (χ4n) is 0.741. The predicted octanol–water partition coefficient (Wildman–Crippen LogP) is -0.501. The van der Waals surface area contributed by atoms with Crippen LogP contribution in [0.1, 0.15) is 0 Å². The first-order chi connectivity index (χ1) is 5.36. The largest absolute Gasteiger partial charge is 0.305 e. The van der Waals surface area contributed by atoms with Gasteiger partial charge in [0.2, 0.25) is 0 Å². The third-order valence-electron chi connectivity index (χ3n) is 1.39. The normalized spacial score (nSPS) is 12.4. The zero-order valence-corrected chi connectivity index (χ0v) is 6.36. The summed E-state index contributed by atoms with van der Waals surface area (Å²) >= 11 is 0. The van der Waals surface area contributed by atoms with Crippen LogP contribution in [0.5, 0.6) is 0 Å². The number of terminal acetylenes is 1. The summed E-state index contributed by atoms with van der Waals surface area (Å²) in [5, 5.41) is 6.89. The first-order valence-corrected chi connectivity index (χ1v) is 3.32. The van der Waals surface area contributed by atoms with Gasteiger partial charge in [0, 0.05) is 0 Å². The highest BCUT2D eigenvalue weighted by Gasteiger charge is 2.01. The van der Waals surface area contributed by atoms with E-state index in [-0.39, 0.29) is 6.04 Å². The molecule has 0 aliphatic rings. The van der Waals surface area contributed by atoms with Gasteiger partial charge in [-0.15, -0.1) is 6.42 Å². The van der Waals surface area contributed by atoms with Crippen LogP contribution in [0.3, 0.4) is 0 Å². The van der Waals surface area contributed by atoms with Gasteiger partial charge < -0.3 is 5.32 Å². The van der Waals surface area contributed by atoms with Gasteiger partial charge in [0.15, 0.2) is 0 Å². The maximum atomic E-state index is 5.23. The summed E-state index contributed by atoms with van der Waals surface area (Å²) in [4.78, 5) is 3.80. The van der Waals surface area contributed by atoms with Gasteiger partial charge >= 0.3 is 0 Å². The van der Waals surface area contributed by atoms with Crippen LogP contribution in [0, 0.1) is 12.3 Å². The lowest BCUT2D eigenvalue weighted by Gasteiger charge is -2.07. The number of hydrogen-bond donors (Lipinski definition) is 1. The molecule has 4 heteroatoms. The fourth-order valence-corrected chi connectivity index (χ4v) is 0.741. The molecule has 0 amide bonds. The number of aromatic nitrogens is 3. The SMILES string of the molecule is C#CC(Cn1cncn1)NC. The Morgan fingerprint density at radius 3 is 3.09 bits per heavy atom. The first kappa shape index (κ1) is 7.76. The van der Waals surface area contributed by atoms with Crippen LogP contribution >= 0.6 is 0 Å². The zero-order valence-electron chi connectivity index (χ0n) is 6.36. The first-order valence-electron chi connectivity index (χ1n) is 3.32. The van der Waals surface area contributed by atoms with E-state index in [9.17, 15) is 0 Å². The van der Waals surface area contributed by atoms with Crippen molar-refractivity contribution >= 4 is 0 Å². The Morgan fingerprint density at radius 2 is 2.64 bits per heavy atom. The molecule has 1 aromatic heterocycles. The maximum Gasteiger partial charge on any atom is 0.137 e. The van der Waals surface area contributed by atoms with Crippen molar-refractivity contribution in [2.24, 2.45) is 0 Å². The highest BCUT2D eigenvalue weighted by atomic mass is 15.3. The van der Waals surface area contributed by atoms with Crippen molar-refractivity contribution in [3.8, 4) is 12.3 Å². The average molecular weight is 150 g/mol. The molecule has 1 rings (SSSR count). The average Bonchev–Trinajstić information content (AvgIpc) is 2.52. The molecule has 0 radical (unpaired) electrons. The van der Waals surface area contributed by atoms with Crippen LogP contribution in [0.25, 0.3) is 0 Å². The molecule has 1 N–H and O–H groups in total. The van der Waals surface area contributed by atoms with Crippen LogP contribution in [0.15, 0.2) is 12.7 Å². The lowest BCUT2D eigenvalue weighted by molar-refractivity contribution is 0.524. The minimum atomic E-state index is 0.0247. The van der Waals surface area contributed by atoms with Crippen LogP contribution in [-0.4, -0.2) is 27.9 Å². The number of hydrogen-bond acceptors (Lipinski definition) is 3. The monoisotopic (exact) mass is 150 g/mol. The molecule has 1 atom stereocenters. The van der Waals surface area contributed by atoms with E-state index in [1.165, 1.54) is 6.33 Å². The molecule has 0 aliphatic carbocycles. The standard InChI is InChI=1S/C7H10N4/c1-3-7(8-2)4-11-6-9-5-10-11/h1,5-8H,4H2,2H3. The van der Waals surface area contributed by atoms with E-state index in [1.54, 1.807) is 11.0 Å². The van der Waals surface area contributed by atoms with Gasteiger partial charge in [-0.25, -0.2) is 4.98 Å². The van der Waals surface area contributed by atoms with E-state index < -0.39 is 0 Å². The Kier molecular flexibility index (Phi) is 2.64. The highest BCUT2D eigenvalue weighted by Crippen LogP contribution is 1.85. The van der Waals surface area contributed by atoms with Gasteiger partial charge in [0.05, 0.1) is 12.6 Å². The smallest absolute Gasteiger partial charge is 0.137 e. The Morgan fingerprint density at radius 1 is 1.82 bits per heavy atom. The van der Waals surface area contributed by atoms with Crippen molar-refractivity contribution in [1.82, 2.24) is 20.1 Å². The van der Waals surface area contributed by atoms with E-state index in [4.69, 9.17) is 6.42 Å². The van der Waals surface area contributed by atoms with Crippen molar-refractivity contribution in [2.75, 3.05) is 7.05 Å². The number of nitrogens with one attached hydrogen (secondary N) is 1. The molecule has 0 bridgehead atoms. The minimum absolute atomic E-state index is 0.0247. The van der Waals surface area contributed by atoms with Gasteiger partial charge in [-0.2, -0.15) is 5.10 Å². The molecule has 11 heavy (non-hydrogen) atoms. The Bertz CT molecular complexity index is 233. The summed E-state index contributed by atoms with van der Waals surface area (Å²) in [6.07, 6.45) is 8.36. The van der Waals surface area contributed by atoms with Crippen molar-refractivity contribution in [1.29, 1.82) is 0 Å². The summed E-state index contributed by atoms with van der Waals surface area (Å²) in [5.41, 5.74) is 0. The summed E-state index contributed by atoms with van der Waals surface area (Å²) in [6, 6.07) is 0.0247. The fraction of sp³-hybridized carbons (Fsp3) is 0.429. The molecule has 0 aliphatic heterocycles. The topological polar surface area (TPSA) is 42.7 Å². The Hall–Kier alpha value is -1.34. The van der Waals surface area contributed by atoms with Crippen LogP contribution in [0.2, 0.25) is 0 Å². The van der Waals surface area contributed by atoms with Gasteiger partial charge in [-0.3, -0.25) is 4.68 Å². The Balaban J connectivity index is 2.49. The molecule has 1 heterocycles. The van der Waals surface area contributed by atoms with E-state index >= 15 is 0 Å². The lowest BCUT2D eigenvalue weighted by Crippen LogP contribution is -2.28. The molecule has 1 aromatic rings. The summed E-state index contributed by atoms with van der Waals surface area (Å²) in [6.45, 7) is 0.660. The van der Waals surface area contributed by atoms with Crippen LogP contribution < -0.4 is 5.32 Å². The van der Waals surface area contributed by atoms with E-state index in [0.717, 1.165) is 0 Å². The number of likely N-dealkylation sites (N-methyl/N-ethyl adjacent to an activating group) is 1. The van der Waals surface area contributed by atoms with E-state index in [2.05, 4.69) is 21.3 Å². The number of rotatable bonds is 3. The second-order valence-electron chi connectivity index (χ2n) is 2.13. The second kappa shape index (κ2) is 3.74. The molecular weight excluding hydrogens is 140 g/mol. The van der Waals surface area contributed by atoms with Crippen LogP contribution in [0.4, 0.5) is 0 Å². The second-order valence-corrected chi connectivity index (χ2v) is 2.13. The quantitative estimate of drug-likeness (QED) is 0.591. The molecule has 0 saturated heterocycles. The lowest BCUT2D eigenvalue weighted by atomic mass is 10.3. The molecule has 0 saturated carbocycles. The molecule has 4 nitrogen and oxygen atoms in total. The number of nitrogens with zero attached hydrogens (tertiary/aromatic N) is 3. The van der Waals surface area contributed by atoms with Gasteiger partial charge in [0.25, 0.3) is 0 Å². The van der Waals surface area contributed by atoms with Crippen molar-refractivity contribution in [2.45, 2.75) is 12.6 Å². The molecular formula is C7H10N4. The maximum absolute atomic E-state index is 5.23. The summed E-state index contributed by atoms with van der Waals surface area (Å²) in [7, 11) is 1.82.